The molecule has 0 aliphatic carbocycles. The minimum Gasteiger partial charge on any atom is -0.494 e. The fraction of sp³-hybridized carbons (Fsp3) is 0.100. The molecular weight excluding hydrogens is 406 g/mol. The first-order valence-electron chi connectivity index (χ1n) is 8.90. The lowest BCUT2D eigenvalue weighted by Gasteiger charge is -2.09. The molecule has 0 spiro atoms. The van der Waals surface area contributed by atoms with Crippen molar-refractivity contribution in [2.45, 2.75) is 6.54 Å². The van der Waals surface area contributed by atoms with Crippen molar-refractivity contribution in [1.29, 1.82) is 0 Å². The number of amides is 1. The molecule has 30 heavy (non-hydrogen) atoms. The first-order chi connectivity index (χ1) is 14.5. The van der Waals surface area contributed by atoms with Gasteiger partial charge in [-0.3, -0.25) is 9.36 Å². The summed E-state index contributed by atoms with van der Waals surface area (Å²) in [5, 5.41) is 42.3. The SMILES string of the molecule is O=C(N=NC(=S)Nc1ccccc1)c1ccccc1Nc1cc(O)n(CCO)c1O. The highest BCUT2D eigenvalue weighted by Crippen LogP contribution is 2.35. The van der Waals surface area contributed by atoms with Crippen LogP contribution in [0.15, 0.2) is 70.9 Å². The molecule has 5 N–H and O–H groups in total. The number of hydrogen-bond donors (Lipinski definition) is 5. The Morgan fingerprint density at radius 3 is 2.43 bits per heavy atom. The van der Waals surface area contributed by atoms with Gasteiger partial charge < -0.3 is 26.0 Å². The predicted octanol–water partition coefficient (Wildman–Crippen LogP) is 3.62. The van der Waals surface area contributed by atoms with Crippen LogP contribution in [0, 0.1) is 0 Å². The number of aromatic nitrogens is 1. The van der Waals surface area contributed by atoms with E-state index in [2.05, 4.69) is 20.9 Å². The van der Waals surface area contributed by atoms with Crippen LogP contribution in [-0.2, 0) is 6.54 Å². The van der Waals surface area contributed by atoms with Crippen LogP contribution in [-0.4, -0.2) is 37.5 Å². The molecular formula is C20H19N5O4S. The number of thiocarbonyl (C=S) groups is 1. The quantitative estimate of drug-likeness (QED) is 0.301. The summed E-state index contributed by atoms with van der Waals surface area (Å²) in [6.45, 7) is -0.248. The Labute approximate surface area is 177 Å². The highest BCUT2D eigenvalue weighted by Gasteiger charge is 2.17. The largest absolute Gasteiger partial charge is 0.494 e. The van der Waals surface area contributed by atoms with Gasteiger partial charge in [-0.2, -0.15) is 0 Å². The summed E-state index contributed by atoms with van der Waals surface area (Å²) in [7, 11) is 0. The Morgan fingerprint density at radius 2 is 1.70 bits per heavy atom. The molecule has 0 saturated carbocycles. The van der Waals surface area contributed by atoms with Crippen molar-refractivity contribution >= 4 is 40.3 Å². The van der Waals surface area contributed by atoms with Crippen molar-refractivity contribution in [3.63, 3.8) is 0 Å². The van der Waals surface area contributed by atoms with Crippen molar-refractivity contribution in [3.05, 3.63) is 66.2 Å². The third-order valence-corrected chi connectivity index (χ3v) is 4.24. The molecule has 3 rings (SSSR count). The lowest BCUT2D eigenvalue weighted by molar-refractivity contribution is 0.0996. The molecule has 0 atom stereocenters. The standard InChI is InChI=1S/C20H19N5O4S/c26-11-10-25-17(27)12-16(19(25)29)22-15-9-5-4-8-14(15)18(28)23-24-20(30)21-13-6-2-1-3-7-13/h1-9,12,22,26-27,29H,10-11H2,(H,21,30). The number of aromatic hydroxyl groups is 2. The first kappa shape index (κ1) is 21.0. The molecule has 154 valence electrons. The second-order valence-corrected chi connectivity index (χ2v) is 6.47. The molecule has 0 aliphatic heterocycles. The van der Waals surface area contributed by atoms with Crippen molar-refractivity contribution in [2.24, 2.45) is 10.2 Å². The maximum absolute atomic E-state index is 12.5. The summed E-state index contributed by atoms with van der Waals surface area (Å²) >= 11 is 5.08. The second kappa shape index (κ2) is 9.63. The normalized spacial score (nSPS) is 10.8. The maximum Gasteiger partial charge on any atom is 0.297 e. The van der Waals surface area contributed by atoms with Gasteiger partial charge in [0.1, 0.15) is 5.69 Å². The van der Waals surface area contributed by atoms with E-state index >= 15 is 0 Å². The van der Waals surface area contributed by atoms with Crippen LogP contribution < -0.4 is 10.6 Å². The molecule has 9 nitrogen and oxygen atoms in total. The molecule has 3 aromatic rings. The Kier molecular flexibility index (Phi) is 6.73. The summed E-state index contributed by atoms with van der Waals surface area (Å²) in [6.07, 6.45) is 0. The van der Waals surface area contributed by atoms with Crippen molar-refractivity contribution < 1.29 is 20.1 Å². The Bertz CT molecular complexity index is 1080. The van der Waals surface area contributed by atoms with Gasteiger partial charge in [0, 0.05) is 11.8 Å². The minimum absolute atomic E-state index is 0.0139. The lowest BCUT2D eigenvalue weighted by Crippen LogP contribution is -2.06. The van der Waals surface area contributed by atoms with E-state index in [0.29, 0.717) is 5.69 Å². The number of carbonyl (C=O) groups excluding carboxylic acids is 1. The summed E-state index contributed by atoms with van der Waals surface area (Å²) in [6, 6.07) is 16.9. The van der Waals surface area contributed by atoms with E-state index in [1.165, 1.54) is 6.07 Å². The zero-order valence-corrected chi connectivity index (χ0v) is 16.5. The highest BCUT2D eigenvalue weighted by molar-refractivity contribution is 7.80. The molecule has 0 aliphatic rings. The Morgan fingerprint density at radius 1 is 1.00 bits per heavy atom. The van der Waals surface area contributed by atoms with Gasteiger partial charge in [0.05, 0.1) is 24.4 Å². The molecule has 0 fully saturated rings. The average Bonchev–Trinajstić information content (AvgIpc) is 3.01. The van der Waals surface area contributed by atoms with Crippen LogP contribution in [0.5, 0.6) is 11.8 Å². The number of nitrogens with one attached hydrogen (secondary N) is 2. The zero-order valence-electron chi connectivity index (χ0n) is 15.7. The molecule has 10 heteroatoms. The van der Waals surface area contributed by atoms with Gasteiger partial charge in [-0.05, 0) is 36.5 Å². The smallest absolute Gasteiger partial charge is 0.297 e. The Hall–Kier alpha value is -3.76. The van der Waals surface area contributed by atoms with Crippen LogP contribution >= 0.6 is 12.2 Å². The van der Waals surface area contributed by atoms with E-state index in [1.807, 2.05) is 18.2 Å². The summed E-state index contributed by atoms with van der Waals surface area (Å²) < 4.78 is 1.13. The van der Waals surface area contributed by atoms with Crippen molar-refractivity contribution in [3.8, 4) is 11.8 Å². The zero-order chi connectivity index (χ0) is 21.5. The van der Waals surface area contributed by atoms with Gasteiger partial charge >= 0.3 is 0 Å². The minimum atomic E-state index is -0.645. The summed E-state index contributed by atoms with van der Waals surface area (Å²) in [5.74, 6) is -1.16. The number of carbonyl (C=O) groups is 1. The number of nitrogens with zero attached hydrogens (tertiary/aromatic N) is 3. The van der Waals surface area contributed by atoms with E-state index in [1.54, 1.807) is 36.4 Å². The third-order valence-electron chi connectivity index (χ3n) is 4.05. The monoisotopic (exact) mass is 425 g/mol. The van der Waals surface area contributed by atoms with Crippen molar-refractivity contribution in [1.82, 2.24) is 4.57 Å². The van der Waals surface area contributed by atoms with E-state index < -0.39 is 5.91 Å². The van der Waals surface area contributed by atoms with E-state index in [-0.39, 0.29) is 41.3 Å². The molecule has 0 unspecified atom stereocenters. The van der Waals surface area contributed by atoms with E-state index in [0.717, 1.165) is 10.3 Å². The van der Waals surface area contributed by atoms with Gasteiger partial charge in [-0.15, -0.1) is 10.2 Å². The number of aliphatic hydroxyl groups is 1. The van der Waals surface area contributed by atoms with Crippen LogP contribution in [0.3, 0.4) is 0 Å². The van der Waals surface area contributed by atoms with E-state index in [4.69, 9.17) is 17.3 Å². The summed E-state index contributed by atoms with van der Waals surface area (Å²) in [5.41, 5.74) is 1.43. The van der Waals surface area contributed by atoms with Crippen molar-refractivity contribution in [2.75, 3.05) is 17.2 Å². The fourth-order valence-electron chi connectivity index (χ4n) is 2.68. The number of aliphatic hydroxyl groups excluding tert-OH is 1. The number of azo groups is 1. The molecule has 2 aromatic carbocycles. The summed E-state index contributed by atoms with van der Waals surface area (Å²) in [4.78, 5) is 12.5. The average molecular weight is 425 g/mol. The topological polar surface area (TPSA) is 131 Å². The number of para-hydroxylation sites is 2. The predicted molar refractivity (Wildman–Crippen MR) is 116 cm³/mol. The third kappa shape index (κ3) is 4.99. The Balaban J connectivity index is 1.75. The van der Waals surface area contributed by atoms with Crippen LogP contribution in [0.1, 0.15) is 10.4 Å². The molecule has 0 bridgehead atoms. The lowest BCUT2D eigenvalue weighted by atomic mass is 10.1. The number of hydrogen-bond acceptors (Lipinski definition) is 6. The molecule has 1 aromatic heterocycles. The molecule has 0 radical (unpaired) electrons. The molecule has 0 saturated heterocycles. The fourth-order valence-corrected chi connectivity index (χ4v) is 2.83. The van der Waals surface area contributed by atoms with Crippen LogP contribution in [0.4, 0.5) is 17.1 Å². The number of rotatable bonds is 6. The van der Waals surface area contributed by atoms with Gasteiger partial charge in [0.15, 0.2) is 5.88 Å². The van der Waals surface area contributed by atoms with Gasteiger partial charge in [-0.1, -0.05) is 30.3 Å². The van der Waals surface area contributed by atoms with Crippen LogP contribution in [0.2, 0.25) is 0 Å². The molecule has 1 heterocycles. The number of anilines is 3. The van der Waals surface area contributed by atoms with Gasteiger partial charge in [0.2, 0.25) is 11.0 Å². The highest BCUT2D eigenvalue weighted by atomic mass is 32.1. The first-order valence-corrected chi connectivity index (χ1v) is 9.31. The van der Waals surface area contributed by atoms with Crippen LogP contribution in [0.25, 0.3) is 0 Å². The van der Waals surface area contributed by atoms with E-state index in [9.17, 15) is 15.0 Å². The van der Waals surface area contributed by atoms with Gasteiger partial charge in [-0.25, -0.2) is 0 Å². The van der Waals surface area contributed by atoms with Gasteiger partial charge in [0.25, 0.3) is 5.91 Å². The molecule has 1 amide bonds. The maximum atomic E-state index is 12.5. The number of benzene rings is 2. The second-order valence-electron chi connectivity index (χ2n) is 6.09.